The maximum atomic E-state index is 12.4. The lowest BCUT2D eigenvalue weighted by molar-refractivity contribution is -0.154. The summed E-state index contributed by atoms with van der Waals surface area (Å²) in [6, 6.07) is 0. The van der Waals surface area contributed by atoms with E-state index in [0.29, 0.717) is 23.3 Å². The molecule has 156 valence electrons. The molecule has 0 amide bonds. The van der Waals surface area contributed by atoms with Crippen molar-refractivity contribution >= 4 is 33.7 Å². The van der Waals surface area contributed by atoms with Crippen molar-refractivity contribution in [3.8, 4) is 0 Å². The molecule has 0 N–H and O–H groups in total. The van der Waals surface area contributed by atoms with Crippen molar-refractivity contribution in [2.24, 2.45) is 11.8 Å². The third kappa shape index (κ3) is 5.21. The first-order chi connectivity index (χ1) is 14.1. The van der Waals surface area contributed by atoms with Crippen LogP contribution in [0.15, 0.2) is 46.3 Å². The molecule has 0 bridgehead atoms. The molecule has 2 heterocycles. The van der Waals surface area contributed by atoms with Crippen molar-refractivity contribution in [2.45, 2.75) is 38.7 Å². The summed E-state index contributed by atoms with van der Waals surface area (Å²) < 4.78 is 11.0. The normalized spacial score (nSPS) is 30.8. The fraction of sp³-hybridized carbons (Fsp3) is 0.565. The molecule has 2 aliphatic carbocycles. The van der Waals surface area contributed by atoms with Crippen LogP contribution in [-0.2, 0) is 40.9 Å². The first kappa shape index (κ1) is 20.9. The van der Waals surface area contributed by atoms with Gasteiger partial charge in [-0.1, -0.05) is 24.3 Å². The fourth-order valence-corrected chi connectivity index (χ4v) is 9.07. The summed E-state index contributed by atoms with van der Waals surface area (Å²) in [5, 5.41) is 0. The Morgan fingerprint density at radius 1 is 0.966 bits per heavy atom. The molecule has 2 saturated heterocycles. The highest BCUT2D eigenvalue weighted by molar-refractivity contribution is 8.01. The first-order valence-electron chi connectivity index (χ1n) is 10.6. The lowest BCUT2D eigenvalue weighted by Crippen LogP contribution is -2.32. The van der Waals surface area contributed by atoms with Crippen molar-refractivity contribution in [3.05, 3.63) is 46.3 Å². The van der Waals surface area contributed by atoms with Crippen molar-refractivity contribution in [3.63, 3.8) is 0 Å². The number of hydrogen-bond acceptors (Lipinski definition) is 4. The minimum atomic E-state index is -0.402. The Morgan fingerprint density at radius 3 is 2.10 bits per heavy atom. The summed E-state index contributed by atoms with van der Waals surface area (Å²) in [5.41, 5.74) is 0. The second-order valence-corrected chi connectivity index (χ2v) is 12.4. The smallest absolute Gasteiger partial charge is 0.357 e. The van der Waals surface area contributed by atoms with Crippen LogP contribution in [-0.4, -0.2) is 47.7 Å². The van der Waals surface area contributed by atoms with Crippen molar-refractivity contribution in [2.75, 3.05) is 29.6 Å². The molecular weight excluding hydrogens is 404 g/mol. The second-order valence-electron chi connectivity index (χ2n) is 8.07. The Balaban J connectivity index is 1.17. The van der Waals surface area contributed by atoms with Gasteiger partial charge in [-0.3, -0.25) is 0 Å². The van der Waals surface area contributed by atoms with Crippen LogP contribution < -0.4 is 0 Å². The van der Waals surface area contributed by atoms with E-state index in [4.69, 9.17) is 9.47 Å². The zero-order chi connectivity index (χ0) is 20.2. The van der Waals surface area contributed by atoms with Gasteiger partial charge >= 0.3 is 11.9 Å². The highest BCUT2D eigenvalue weighted by Gasteiger charge is 2.39. The Labute approximate surface area is 179 Å². The largest absolute Gasteiger partial charge is 0.458 e. The molecule has 0 spiro atoms. The van der Waals surface area contributed by atoms with Gasteiger partial charge in [0.15, 0.2) is 0 Å². The maximum Gasteiger partial charge on any atom is 0.357 e. The SMILES string of the molecule is CC(COC(=O)C[S+]1CCCC2C=CC=C21)OC(=O)C[S+]1CCCC2C=CC=C21. The lowest BCUT2D eigenvalue weighted by atomic mass is 10.1. The fourth-order valence-electron chi connectivity index (χ4n) is 4.43. The standard InChI is InChI=1S/C23H30O4S2/c1-17(27-23(25)16-29-13-5-9-19-7-3-11-21(19)29)14-26-22(24)15-28-12-4-8-18-6-2-10-20(18)28/h2-3,6-7,10-11,17-19H,4-5,8-9,12-16H2,1H3/q+2. The summed E-state index contributed by atoms with van der Waals surface area (Å²) >= 11 is 0. The van der Waals surface area contributed by atoms with E-state index in [2.05, 4.69) is 36.5 Å². The molecule has 0 radical (unpaired) electrons. The Morgan fingerprint density at radius 2 is 1.52 bits per heavy atom. The van der Waals surface area contributed by atoms with E-state index < -0.39 is 6.10 Å². The summed E-state index contributed by atoms with van der Waals surface area (Å²) in [6.07, 6.45) is 17.4. The van der Waals surface area contributed by atoms with Crippen LogP contribution >= 0.6 is 0 Å². The minimum Gasteiger partial charge on any atom is -0.458 e. The van der Waals surface area contributed by atoms with Crippen molar-refractivity contribution in [1.29, 1.82) is 0 Å². The highest BCUT2D eigenvalue weighted by Crippen LogP contribution is 2.36. The minimum absolute atomic E-state index is 0.00802. The molecule has 0 aromatic carbocycles. The zero-order valence-corrected chi connectivity index (χ0v) is 18.6. The average molecular weight is 435 g/mol. The number of hydrogen-bond donors (Lipinski definition) is 0. The topological polar surface area (TPSA) is 52.6 Å². The van der Waals surface area contributed by atoms with E-state index in [1.807, 2.05) is 0 Å². The number of carbonyl (C=O) groups excluding carboxylic acids is 2. The van der Waals surface area contributed by atoms with Crippen LogP contribution in [0.4, 0.5) is 0 Å². The van der Waals surface area contributed by atoms with E-state index in [-0.39, 0.29) is 40.3 Å². The van der Waals surface area contributed by atoms with Gasteiger partial charge in [0.25, 0.3) is 0 Å². The third-order valence-corrected chi connectivity index (χ3v) is 10.8. The number of fused-ring (bicyclic) bond motifs is 2. The molecule has 0 aromatic rings. The molecule has 29 heavy (non-hydrogen) atoms. The van der Waals surface area contributed by atoms with Gasteiger partial charge in [-0.05, 0) is 44.8 Å². The molecule has 5 unspecified atom stereocenters. The van der Waals surface area contributed by atoms with E-state index >= 15 is 0 Å². The number of ether oxygens (including phenoxy) is 2. The van der Waals surface area contributed by atoms with Crippen LogP contribution in [0.2, 0.25) is 0 Å². The van der Waals surface area contributed by atoms with Gasteiger partial charge in [0, 0.05) is 33.6 Å². The molecule has 5 atom stereocenters. The molecular formula is C23H30O4S2+2. The average Bonchev–Trinajstić information content (AvgIpc) is 3.36. The van der Waals surface area contributed by atoms with Gasteiger partial charge < -0.3 is 9.47 Å². The summed E-state index contributed by atoms with van der Waals surface area (Å²) in [4.78, 5) is 27.5. The van der Waals surface area contributed by atoms with Gasteiger partial charge in [0.05, 0.1) is 0 Å². The molecule has 4 nitrogen and oxygen atoms in total. The highest BCUT2D eigenvalue weighted by atomic mass is 32.2. The predicted molar refractivity (Wildman–Crippen MR) is 121 cm³/mol. The third-order valence-electron chi connectivity index (χ3n) is 5.81. The maximum absolute atomic E-state index is 12.4. The monoisotopic (exact) mass is 434 g/mol. The Kier molecular flexibility index (Phi) is 6.91. The van der Waals surface area contributed by atoms with Crippen LogP contribution in [0.5, 0.6) is 0 Å². The van der Waals surface area contributed by atoms with Crippen LogP contribution in [0.3, 0.4) is 0 Å². The number of carbonyl (C=O) groups is 2. The van der Waals surface area contributed by atoms with E-state index in [1.165, 1.54) is 35.5 Å². The molecule has 2 aliphatic heterocycles. The molecule has 0 aromatic heterocycles. The Hall–Kier alpha value is -1.40. The van der Waals surface area contributed by atoms with Crippen LogP contribution in [0, 0.1) is 11.8 Å². The van der Waals surface area contributed by atoms with Crippen LogP contribution in [0.25, 0.3) is 0 Å². The lowest BCUT2D eigenvalue weighted by Gasteiger charge is -2.21. The van der Waals surface area contributed by atoms with E-state index in [0.717, 1.165) is 11.5 Å². The van der Waals surface area contributed by atoms with E-state index in [1.54, 1.807) is 6.92 Å². The summed E-state index contributed by atoms with van der Waals surface area (Å²) in [6.45, 7) is 1.94. The van der Waals surface area contributed by atoms with Gasteiger partial charge in [0.2, 0.25) is 11.5 Å². The summed E-state index contributed by atoms with van der Waals surface area (Å²) in [7, 11) is -0.0197. The number of esters is 2. The van der Waals surface area contributed by atoms with E-state index in [9.17, 15) is 9.59 Å². The molecule has 4 aliphatic rings. The molecule has 6 heteroatoms. The van der Waals surface area contributed by atoms with Crippen molar-refractivity contribution < 1.29 is 19.1 Å². The number of rotatable bonds is 7. The molecule has 0 saturated carbocycles. The van der Waals surface area contributed by atoms with Gasteiger partial charge in [-0.2, -0.15) is 0 Å². The van der Waals surface area contributed by atoms with Crippen LogP contribution in [0.1, 0.15) is 32.6 Å². The van der Waals surface area contributed by atoms with Gasteiger partial charge in [-0.15, -0.1) is 0 Å². The van der Waals surface area contributed by atoms with Crippen molar-refractivity contribution in [1.82, 2.24) is 0 Å². The summed E-state index contributed by atoms with van der Waals surface area (Å²) in [5.74, 6) is 3.78. The van der Waals surface area contributed by atoms with Gasteiger partial charge in [-0.25, -0.2) is 9.59 Å². The molecule has 4 rings (SSSR count). The number of allylic oxidation sites excluding steroid dienone is 8. The zero-order valence-electron chi connectivity index (χ0n) is 17.0. The molecule has 2 fully saturated rings. The quantitative estimate of drug-likeness (QED) is 0.455. The predicted octanol–water partition coefficient (Wildman–Crippen LogP) is 3.43. The Bertz CT molecular complexity index is 767. The van der Waals surface area contributed by atoms with Gasteiger partial charge in [0.1, 0.15) is 34.0 Å². The first-order valence-corrected chi connectivity index (χ1v) is 13.7. The second kappa shape index (κ2) is 9.61.